The number of rotatable bonds is 0. The Hall–Kier alpha value is 3.38. The molecule has 0 aliphatic rings. The van der Waals surface area contributed by atoms with E-state index in [1.165, 1.54) is 0 Å². The topological polar surface area (TPSA) is 147 Å². The van der Waals surface area contributed by atoms with Crippen LogP contribution in [0.4, 0.5) is 4.79 Å². The molecule has 0 amide bonds. The summed E-state index contributed by atoms with van der Waals surface area (Å²) in [6.45, 7) is 0. The molecule has 13 heavy (non-hydrogen) atoms. The van der Waals surface area contributed by atoms with Crippen molar-refractivity contribution in [2.75, 3.05) is 0 Å². The van der Waals surface area contributed by atoms with Crippen LogP contribution in [0.25, 0.3) is 0 Å². The van der Waals surface area contributed by atoms with Crippen LogP contribution in [0.3, 0.4) is 0 Å². The zero-order chi connectivity index (χ0) is 8.08. The summed E-state index contributed by atoms with van der Waals surface area (Å²) in [6.07, 6.45) is -2.33. The van der Waals surface area contributed by atoms with Crippen LogP contribution in [-0.4, -0.2) is 11.0 Å². The Morgan fingerprint density at radius 2 is 1.00 bits per heavy atom. The molecule has 0 fully saturated rings. The van der Waals surface area contributed by atoms with E-state index in [1.807, 2.05) is 0 Å². The average Bonchev–Trinajstić information content (AvgIpc) is 1.19. The summed E-state index contributed by atoms with van der Waals surface area (Å²) >= 11 is 0. The molecule has 0 aliphatic heterocycles. The van der Waals surface area contributed by atoms with Gasteiger partial charge in [0.15, 0.2) is 0 Å². The Morgan fingerprint density at radius 3 is 1.00 bits per heavy atom. The monoisotopic (exact) mass is 248 g/mol. The molecular weight excluding hydrogens is 247 g/mol. The van der Waals surface area contributed by atoms with Crippen molar-refractivity contribution in [2.45, 2.75) is 0 Å². The predicted molar refractivity (Wildman–Crippen MR) is 15.2 cm³/mol. The molecule has 0 aromatic rings. The number of carboxylic acid groups (broad SMARTS) is 2. The summed E-state index contributed by atoms with van der Waals surface area (Å²) in [5.74, 6) is 0. The smallest absolute Gasteiger partial charge is 0.790 e. The third-order valence-electron chi connectivity index (χ3n) is 0. The van der Waals surface area contributed by atoms with E-state index < -0.39 is 14.0 Å². The van der Waals surface area contributed by atoms with Gasteiger partial charge >= 0.3 is 118 Å². The van der Waals surface area contributed by atoms with Crippen molar-refractivity contribution < 1.29 is 152 Å². The number of hydrogen-bond donors (Lipinski definition) is 1. The minimum Gasteiger partial charge on any atom is -0.790 e. The SMILES string of the molecule is O=C([O-])[O-].O=P([O-])([O-])O.[Na+].[Na+].[Na+].[Na+]. The van der Waals surface area contributed by atoms with Gasteiger partial charge in [-0.25, -0.2) is 0 Å². The van der Waals surface area contributed by atoms with Crippen LogP contribution in [0.15, 0.2) is 0 Å². The molecule has 0 unspecified atom stereocenters. The van der Waals surface area contributed by atoms with Gasteiger partial charge in [-0.3, -0.25) is 0 Å². The van der Waals surface area contributed by atoms with Crippen molar-refractivity contribution in [1.82, 2.24) is 0 Å². The first-order valence-electron chi connectivity index (χ1n) is 1.36. The zero-order valence-corrected chi connectivity index (χ0v) is 16.7. The number of carbonyl (C=O) groups excluding carboxylic acids is 1. The first-order valence-corrected chi connectivity index (χ1v) is 2.86. The van der Waals surface area contributed by atoms with Crippen LogP contribution < -0.4 is 138 Å². The molecule has 7 nitrogen and oxygen atoms in total. The fraction of sp³-hybridized carbons (Fsp3) is 0. The molecule has 0 aromatic carbocycles. The summed E-state index contributed by atoms with van der Waals surface area (Å²) in [6, 6.07) is 0. The van der Waals surface area contributed by atoms with Crippen LogP contribution >= 0.6 is 7.82 Å². The molecule has 0 saturated heterocycles. The summed E-state index contributed by atoms with van der Waals surface area (Å²) in [7, 11) is -5.14. The molecule has 0 aromatic heterocycles. The average molecular weight is 248 g/mol. The quantitative estimate of drug-likeness (QED) is 0.330. The van der Waals surface area contributed by atoms with Gasteiger partial charge in [0, 0.05) is 0 Å². The Morgan fingerprint density at radius 1 is 1.00 bits per heavy atom. The van der Waals surface area contributed by atoms with E-state index in [0.717, 1.165) is 0 Å². The van der Waals surface area contributed by atoms with Gasteiger partial charge in [-0.1, -0.05) is 0 Å². The molecule has 0 atom stereocenters. The normalized spacial score (nSPS) is 6.38. The molecular formula is CHNa4O7P. The molecule has 1 N–H and O–H groups in total. The van der Waals surface area contributed by atoms with Crippen LogP contribution in [0.2, 0.25) is 0 Å². The molecule has 0 aliphatic carbocycles. The largest absolute Gasteiger partial charge is 1.00 e. The molecule has 0 spiro atoms. The van der Waals surface area contributed by atoms with E-state index in [1.54, 1.807) is 0 Å². The maximum absolute atomic E-state index is 8.66. The van der Waals surface area contributed by atoms with Gasteiger partial charge < -0.3 is 34.3 Å². The minimum atomic E-state index is -5.14. The molecule has 0 rings (SSSR count). The van der Waals surface area contributed by atoms with Gasteiger partial charge in [0.1, 0.15) is 0 Å². The van der Waals surface area contributed by atoms with E-state index in [2.05, 4.69) is 0 Å². The van der Waals surface area contributed by atoms with Gasteiger partial charge in [0.2, 0.25) is 0 Å². The second-order valence-corrected chi connectivity index (χ2v) is 1.66. The van der Waals surface area contributed by atoms with E-state index in [0.29, 0.717) is 0 Å². The first kappa shape index (κ1) is 36.0. The Bertz CT molecular complexity index is 120. The van der Waals surface area contributed by atoms with Gasteiger partial charge in [-0.05, 0) is 6.16 Å². The molecule has 0 radical (unpaired) electrons. The zero-order valence-electron chi connectivity index (χ0n) is 7.84. The third kappa shape index (κ3) is 241. The maximum Gasteiger partial charge on any atom is 1.00 e. The van der Waals surface area contributed by atoms with Gasteiger partial charge in [0.25, 0.3) is 0 Å². The van der Waals surface area contributed by atoms with Crippen LogP contribution in [0.5, 0.6) is 0 Å². The fourth-order valence-corrected chi connectivity index (χ4v) is 0. The Labute approximate surface area is 163 Å². The van der Waals surface area contributed by atoms with E-state index in [9.17, 15) is 0 Å². The molecule has 12 heteroatoms. The Kier molecular flexibility index (Phi) is 57.4. The molecule has 0 heterocycles. The number of carbonyl (C=O) groups is 1. The second-order valence-electron chi connectivity index (χ2n) is 0.719. The van der Waals surface area contributed by atoms with E-state index in [-0.39, 0.29) is 118 Å². The maximum atomic E-state index is 8.66. The van der Waals surface area contributed by atoms with Crippen molar-refractivity contribution in [3.8, 4) is 0 Å². The Balaban J connectivity index is -0.0000000146. The van der Waals surface area contributed by atoms with Crippen molar-refractivity contribution in [3.05, 3.63) is 0 Å². The standard InChI is InChI=1S/CH2O3.4Na.H3O4P/c2-1(3)4;;;;;1-5(2,3)4/h(H2,2,3,4);;;;;(H3,1,2,3,4)/q;4*+1;/p-4. The van der Waals surface area contributed by atoms with Crippen LogP contribution in [0, 0.1) is 0 Å². The van der Waals surface area contributed by atoms with Gasteiger partial charge in [0.05, 0.1) is 7.82 Å². The first-order chi connectivity index (χ1) is 3.73. The van der Waals surface area contributed by atoms with Crippen LogP contribution in [0.1, 0.15) is 0 Å². The molecule has 56 valence electrons. The van der Waals surface area contributed by atoms with Crippen molar-refractivity contribution in [2.24, 2.45) is 0 Å². The van der Waals surface area contributed by atoms with E-state index >= 15 is 0 Å². The van der Waals surface area contributed by atoms with Gasteiger partial charge in [-0.2, -0.15) is 0 Å². The minimum absolute atomic E-state index is 0. The van der Waals surface area contributed by atoms with Crippen LogP contribution in [-0.2, 0) is 4.57 Å². The summed E-state index contributed by atoms with van der Waals surface area (Å²) in [5.41, 5.74) is 0. The van der Waals surface area contributed by atoms with Gasteiger partial charge in [-0.15, -0.1) is 0 Å². The van der Waals surface area contributed by atoms with E-state index in [4.69, 9.17) is 34.3 Å². The third-order valence-corrected chi connectivity index (χ3v) is 0. The second kappa shape index (κ2) is 20.8. The van der Waals surface area contributed by atoms with Crippen molar-refractivity contribution >= 4 is 14.0 Å². The molecule has 0 saturated carbocycles. The molecule has 0 bridgehead atoms. The van der Waals surface area contributed by atoms with Crippen molar-refractivity contribution in [1.29, 1.82) is 0 Å². The fourth-order valence-electron chi connectivity index (χ4n) is 0. The summed E-state index contributed by atoms with van der Waals surface area (Å²) in [4.78, 5) is 32.6. The summed E-state index contributed by atoms with van der Waals surface area (Å²) in [5, 5.41) is 16.7. The summed E-state index contributed by atoms with van der Waals surface area (Å²) < 4.78 is 8.66. The van der Waals surface area contributed by atoms with Crippen molar-refractivity contribution in [3.63, 3.8) is 0 Å². The number of hydrogen-bond acceptors (Lipinski definition) is 6. The predicted octanol–water partition coefficient (Wildman–Crippen LogP) is -16.6. The number of phosphoric acid groups is 1.